The highest BCUT2D eigenvalue weighted by Crippen LogP contribution is 2.26. The van der Waals surface area contributed by atoms with Gasteiger partial charge in [0.25, 0.3) is 0 Å². The van der Waals surface area contributed by atoms with Gasteiger partial charge in [-0.15, -0.1) is 0 Å². The fraction of sp³-hybridized carbons (Fsp3) is 0.222. The number of carbonyl (C=O) groups is 1. The monoisotopic (exact) mass is 669 g/mol. The van der Waals surface area contributed by atoms with Crippen LogP contribution in [0, 0.1) is 0 Å². The van der Waals surface area contributed by atoms with E-state index >= 15 is 0 Å². The number of halogens is 4. The Labute approximate surface area is 267 Å². The number of anilines is 2. The third-order valence-electron chi connectivity index (χ3n) is 5.66. The average molecular weight is 671 g/mol. The smallest absolute Gasteiger partial charge is 0.323 e. The Bertz CT molecular complexity index is 1440. The van der Waals surface area contributed by atoms with E-state index in [1.807, 2.05) is 0 Å². The van der Waals surface area contributed by atoms with Crippen molar-refractivity contribution < 1.29 is 24.5 Å². The first kappa shape index (κ1) is 33.8. The van der Waals surface area contributed by atoms with E-state index in [1.165, 1.54) is 24.8 Å². The van der Waals surface area contributed by atoms with E-state index in [9.17, 15) is 4.79 Å². The van der Waals surface area contributed by atoms with Crippen LogP contribution in [0.4, 0.5) is 16.4 Å². The SMILES string of the molecule is Nc1cnc(OCc2c(Cl)cccc2Cl)cn1.O.O=C(Nc1cnc(OCc2c(Cl)cccc2Cl)cn1)N1CCOCC1. The van der Waals surface area contributed by atoms with Crippen LogP contribution in [0.5, 0.6) is 11.8 Å². The lowest BCUT2D eigenvalue weighted by Gasteiger charge is -2.26. The maximum Gasteiger partial charge on any atom is 0.323 e. The van der Waals surface area contributed by atoms with Gasteiger partial charge in [0.15, 0.2) is 5.82 Å². The second kappa shape index (κ2) is 16.8. The molecule has 1 fully saturated rings. The molecule has 16 heteroatoms. The highest BCUT2D eigenvalue weighted by molar-refractivity contribution is 6.36. The molecule has 0 spiro atoms. The Balaban J connectivity index is 0.000000247. The predicted molar refractivity (Wildman–Crippen MR) is 165 cm³/mol. The number of hydrogen-bond donors (Lipinski definition) is 2. The molecule has 0 saturated carbocycles. The first-order valence-electron chi connectivity index (χ1n) is 12.4. The van der Waals surface area contributed by atoms with Crippen molar-refractivity contribution in [2.45, 2.75) is 13.2 Å². The standard InChI is InChI=1S/C16H16Cl2N4O3.C11H9Cl2N3O.H2O/c17-12-2-1-3-13(18)11(12)10-25-15-9-19-14(8-20-15)21-16(23)22-4-6-24-7-5-22;12-8-2-1-3-9(13)7(8)6-17-11-5-15-10(14)4-16-11;/h1-3,8-9H,4-7,10H2,(H,19,21,23);1-5H,6H2,(H2,14,15);1H2. The van der Waals surface area contributed by atoms with Crippen LogP contribution in [0.25, 0.3) is 0 Å². The maximum absolute atomic E-state index is 12.1. The van der Waals surface area contributed by atoms with E-state index in [0.29, 0.717) is 75.4 Å². The van der Waals surface area contributed by atoms with Gasteiger partial charge in [-0.3, -0.25) is 5.32 Å². The molecule has 4 aromatic rings. The number of hydrogen-bond acceptors (Lipinski definition) is 9. The Kier molecular flexibility index (Phi) is 13.3. The first-order valence-corrected chi connectivity index (χ1v) is 14.0. The Hall–Kier alpha value is -3.65. The molecule has 0 bridgehead atoms. The Morgan fingerprint density at radius 2 is 1.28 bits per heavy atom. The molecule has 0 aliphatic carbocycles. The number of carbonyl (C=O) groups excluding carboxylic acids is 1. The molecule has 0 atom stereocenters. The molecule has 2 aromatic carbocycles. The summed E-state index contributed by atoms with van der Waals surface area (Å²) in [5.74, 6) is 1.36. The van der Waals surface area contributed by atoms with Gasteiger partial charge in [0.2, 0.25) is 11.8 Å². The highest BCUT2D eigenvalue weighted by Gasteiger charge is 2.17. The van der Waals surface area contributed by atoms with Gasteiger partial charge in [0.05, 0.1) is 38.0 Å². The molecule has 2 amide bonds. The van der Waals surface area contributed by atoms with Crippen LogP contribution < -0.4 is 20.5 Å². The van der Waals surface area contributed by atoms with Crippen molar-refractivity contribution in [1.82, 2.24) is 24.8 Å². The van der Waals surface area contributed by atoms with Crippen molar-refractivity contribution in [3.63, 3.8) is 0 Å². The van der Waals surface area contributed by atoms with Gasteiger partial charge in [0.1, 0.15) is 19.0 Å². The van der Waals surface area contributed by atoms with E-state index in [2.05, 4.69) is 25.3 Å². The minimum atomic E-state index is -0.228. The molecular weight excluding hydrogens is 644 g/mol. The minimum absolute atomic E-state index is 0. The van der Waals surface area contributed by atoms with Gasteiger partial charge in [-0.1, -0.05) is 58.5 Å². The molecule has 0 radical (unpaired) electrons. The van der Waals surface area contributed by atoms with Crippen molar-refractivity contribution in [1.29, 1.82) is 0 Å². The topological polar surface area (TPSA) is 169 Å². The number of nitrogen functional groups attached to an aromatic ring is 1. The molecule has 5 rings (SSSR count). The van der Waals surface area contributed by atoms with Crippen LogP contribution in [-0.4, -0.2) is 62.6 Å². The number of aromatic nitrogens is 4. The number of amides is 2. The minimum Gasteiger partial charge on any atom is -0.472 e. The number of nitrogens with one attached hydrogen (secondary N) is 1. The molecule has 228 valence electrons. The Morgan fingerprint density at radius 1 is 0.791 bits per heavy atom. The second-order valence-corrected chi connectivity index (χ2v) is 10.2. The zero-order valence-corrected chi connectivity index (χ0v) is 25.5. The van der Waals surface area contributed by atoms with Crippen molar-refractivity contribution in [2.24, 2.45) is 0 Å². The zero-order valence-electron chi connectivity index (χ0n) is 22.5. The molecule has 43 heavy (non-hydrogen) atoms. The third-order valence-corrected chi connectivity index (χ3v) is 7.08. The summed E-state index contributed by atoms with van der Waals surface area (Å²) in [5, 5.41) is 4.85. The molecule has 2 aromatic heterocycles. The average Bonchev–Trinajstić information content (AvgIpc) is 2.99. The van der Waals surface area contributed by atoms with Gasteiger partial charge < -0.3 is 30.3 Å². The number of urea groups is 1. The van der Waals surface area contributed by atoms with E-state index in [4.69, 9.17) is 66.3 Å². The number of rotatable bonds is 7. The summed E-state index contributed by atoms with van der Waals surface area (Å²) in [4.78, 5) is 29.8. The van der Waals surface area contributed by atoms with Crippen molar-refractivity contribution >= 4 is 64.1 Å². The fourth-order valence-corrected chi connectivity index (χ4v) is 4.46. The van der Waals surface area contributed by atoms with Crippen LogP contribution >= 0.6 is 46.4 Å². The van der Waals surface area contributed by atoms with Crippen LogP contribution in [0.1, 0.15) is 11.1 Å². The van der Waals surface area contributed by atoms with Crippen LogP contribution in [0.15, 0.2) is 61.2 Å². The van der Waals surface area contributed by atoms with E-state index in [1.54, 1.807) is 41.3 Å². The lowest BCUT2D eigenvalue weighted by atomic mass is 10.2. The summed E-state index contributed by atoms with van der Waals surface area (Å²) in [6.45, 7) is 2.59. The quantitative estimate of drug-likeness (QED) is 0.263. The zero-order chi connectivity index (χ0) is 29.9. The summed E-state index contributed by atoms with van der Waals surface area (Å²) in [5.41, 5.74) is 6.81. The van der Waals surface area contributed by atoms with Crippen LogP contribution in [-0.2, 0) is 18.0 Å². The molecular formula is C27H27Cl4N7O5. The number of nitrogens with zero attached hydrogens (tertiary/aromatic N) is 5. The van der Waals surface area contributed by atoms with E-state index in [0.717, 1.165) is 5.56 Å². The lowest BCUT2D eigenvalue weighted by molar-refractivity contribution is 0.0564. The predicted octanol–water partition coefficient (Wildman–Crippen LogP) is 5.35. The van der Waals surface area contributed by atoms with Gasteiger partial charge in [0, 0.05) is 44.3 Å². The van der Waals surface area contributed by atoms with Crippen LogP contribution in [0.2, 0.25) is 20.1 Å². The molecule has 0 unspecified atom stereocenters. The molecule has 1 saturated heterocycles. The molecule has 1 aliphatic heterocycles. The van der Waals surface area contributed by atoms with Gasteiger partial charge >= 0.3 is 6.03 Å². The number of morpholine rings is 1. The number of benzene rings is 2. The maximum atomic E-state index is 12.1. The summed E-state index contributed by atoms with van der Waals surface area (Å²) in [7, 11) is 0. The van der Waals surface area contributed by atoms with Crippen LogP contribution in [0.3, 0.4) is 0 Å². The number of nitrogens with two attached hydrogens (primary N) is 1. The summed E-state index contributed by atoms with van der Waals surface area (Å²) in [6, 6.07) is 10.3. The first-order chi connectivity index (χ1) is 20.3. The van der Waals surface area contributed by atoms with Crippen molar-refractivity contribution in [3.05, 3.63) is 92.4 Å². The molecule has 12 nitrogen and oxygen atoms in total. The number of ether oxygens (including phenoxy) is 3. The van der Waals surface area contributed by atoms with Crippen molar-refractivity contribution in [2.75, 3.05) is 37.4 Å². The molecule has 3 heterocycles. The summed E-state index contributed by atoms with van der Waals surface area (Å²) < 4.78 is 16.2. The molecule has 5 N–H and O–H groups in total. The second-order valence-electron chi connectivity index (χ2n) is 8.53. The third kappa shape index (κ3) is 10.2. The van der Waals surface area contributed by atoms with Gasteiger partial charge in [-0.05, 0) is 24.3 Å². The Morgan fingerprint density at radius 3 is 1.72 bits per heavy atom. The van der Waals surface area contributed by atoms with Gasteiger partial charge in [-0.25, -0.2) is 24.7 Å². The largest absolute Gasteiger partial charge is 0.472 e. The lowest BCUT2D eigenvalue weighted by Crippen LogP contribution is -2.43. The molecule has 1 aliphatic rings. The van der Waals surface area contributed by atoms with Crippen molar-refractivity contribution in [3.8, 4) is 11.8 Å². The fourth-order valence-electron chi connectivity index (χ4n) is 3.44. The van der Waals surface area contributed by atoms with E-state index < -0.39 is 0 Å². The highest BCUT2D eigenvalue weighted by atomic mass is 35.5. The normalized spacial score (nSPS) is 12.3. The summed E-state index contributed by atoms with van der Waals surface area (Å²) in [6.07, 6.45) is 5.73. The summed E-state index contributed by atoms with van der Waals surface area (Å²) >= 11 is 24.2. The van der Waals surface area contributed by atoms with E-state index in [-0.39, 0.29) is 24.7 Å². The van der Waals surface area contributed by atoms with Gasteiger partial charge in [-0.2, -0.15) is 0 Å².